The number of benzene rings is 4. The molecule has 0 fully saturated rings. The number of carbonyl (C=O) groups is 2. The Kier molecular flexibility index (Phi) is 11.0. The summed E-state index contributed by atoms with van der Waals surface area (Å²) in [7, 11) is -1.50. The van der Waals surface area contributed by atoms with Crippen molar-refractivity contribution in [1.82, 2.24) is 0 Å². The van der Waals surface area contributed by atoms with Gasteiger partial charge in [-0.2, -0.15) is 0 Å². The summed E-state index contributed by atoms with van der Waals surface area (Å²) < 4.78 is 37.9. The molecule has 0 bridgehead atoms. The van der Waals surface area contributed by atoms with E-state index in [0.717, 1.165) is 0 Å². The number of methoxy groups -OCH3 is 2. The molecule has 0 heterocycles. The number of aliphatic imine (C=N–C) groups is 1. The number of hydrogen-bond acceptors (Lipinski definition) is 7. The first-order chi connectivity index (χ1) is 21.8. The smallest absolute Gasteiger partial charge is 0.328 e. The first-order valence-corrected chi connectivity index (χ1v) is 15.9. The van der Waals surface area contributed by atoms with Crippen molar-refractivity contribution in [3.8, 4) is 11.5 Å². The molecule has 11 nitrogen and oxygen atoms in total. The highest BCUT2D eigenvalue weighted by molar-refractivity contribution is 7.91. The van der Waals surface area contributed by atoms with Crippen LogP contribution in [0.25, 0.3) is 0 Å². The second-order valence-corrected chi connectivity index (χ2v) is 12.7. The lowest BCUT2D eigenvalue weighted by atomic mass is 10.1. The molecule has 240 valence electrons. The molecule has 0 saturated carbocycles. The average Bonchev–Trinajstić information content (AvgIpc) is 3.01. The number of aliphatic carboxylic acids is 1. The molecule has 1 atom stereocenters. The van der Waals surface area contributed by atoms with Crippen LogP contribution < -0.4 is 25.8 Å². The minimum Gasteiger partial charge on any atom is -0.497 e. The summed E-state index contributed by atoms with van der Waals surface area (Å²) >= 11 is 18.4. The molecule has 15 heteroatoms. The molecule has 0 saturated heterocycles. The van der Waals surface area contributed by atoms with Crippen LogP contribution in [-0.4, -0.2) is 51.6 Å². The van der Waals surface area contributed by atoms with Gasteiger partial charge in [-0.3, -0.25) is 4.79 Å². The van der Waals surface area contributed by atoms with Crippen molar-refractivity contribution in [2.45, 2.75) is 22.3 Å². The van der Waals surface area contributed by atoms with E-state index >= 15 is 0 Å². The summed E-state index contributed by atoms with van der Waals surface area (Å²) in [6.45, 7) is 0. The van der Waals surface area contributed by atoms with Crippen LogP contribution in [0.2, 0.25) is 15.1 Å². The molecule has 4 aromatic rings. The zero-order valence-electron chi connectivity index (χ0n) is 24.3. The van der Waals surface area contributed by atoms with E-state index in [1.807, 2.05) is 0 Å². The summed E-state index contributed by atoms with van der Waals surface area (Å²) in [5.74, 6) is -1.80. The number of nitrogens with zero attached hydrogens (tertiary/aromatic N) is 1. The fourth-order valence-corrected chi connectivity index (χ4v) is 6.64. The van der Waals surface area contributed by atoms with Crippen LogP contribution in [0.4, 0.5) is 11.4 Å². The lowest BCUT2D eigenvalue weighted by Gasteiger charge is -2.16. The number of anilines is 2. The summed E-state index contributed by atoms with van der Waals surface area (Å²) in [6.07, 6.45) is -0.0794. The normalized spacial score (nSPS) is 12.2. The van der Waals surface area contributed by atoms with Crippen molar-refractivity contribution in [2.75, 3.05) is 24.9 Å². The topological polar surface area (TPSA) is 169 Å². The average molecular weight is 706 g/mol. The molecule has 0 aliphatic heterocycles. The molecule has 0 aliphatic carbocycles. The number of carboxylic acids is 1. The van der Waals surface area contributed by atoms with Crippen LogP contribution in [0.5, 0.6) is 11.5 Å². The number of carbonyl (C=O) groups excluding carboxylic acids is 1. The molecule has 0 aliphatic rings. The number of halogens is 3. The zero-order chi connectivity index (χ0) is 33.6. The Morgan fingerprint density at radius 2 is 1.57 bits per heavy atom. The molecule has 5 N–H and O–H groups in total. The number of guanidine groups is 1. The van der Waals surface area contributed by atoms with Gasteiger partial charge in [-0.1, -0.05) is 53.0 Å². The number of sulfone groups is 1. The molecule has 1 amide bonds. The van der Waals surface area contributed by atoms with Gasteiger partial charge < -0.3 is 30.9 Å². The Labute approximate surface area is 279 Å². The third-order valence-corrected chi connectivity index (χ3v) is 9.26. The maximum atomic E-state index is 13.7. The van der Waals surface area contributed by atoms with Crippen LogP contribution in [0, 0.1) is 0 Å². The van der Waals surface area contributed by atoms with Gasteiger partial charge in [0.25, 0.3) is 5.91 Å². The SMILES string of the molecule is COc1ccc(OC)c(S(=O)(=O)c2ccc(Cl)cc2NC(N)=N[C@@H](Cc2ccc(NC(=O)c3c(Cl)cccc3Cl)cc2)C(=O)O)c1. The van der Waals surface area contributed by atoms with Gasteiger partial charge in [0.05, 0.1) is 40.4 Å². The molecule has 0 radical (unpaired) electrons. The molecular formula is C31H27Cl3N4O7S. The second kappa shape index (κ2) is 14.7. The van der Waals surface area contributed by atoms with Crippen molar-refractivity contribution < 1.29 is 32.6 Å². The molecular weight excluding hydrogens is 679 g/mol. The van der Waals surface area contributed by atoms with E-state index in [-0.39, 0.29) is 60.0 Å². The summed E-state index contributed by atoms with van der Waals surface area (Å²) in [6, 6.07) is 18.0. The third-order valence-electron chi connectivity index (χ3n) is 6.56. The van der Waals surface area contributed by atoms with Gasteiger partial charge in [-0.15, -0.1) is 0 Å². The largest absolute Gasteiger partial charge is 0.497 e. The predicted octanol–water partition coefficient (Wildman–Crippen LogP) is 6.17. The van der Waals surface area contributed by atoms with Crippen molar-refractivity contribution in [2.24, 2.45) is 10.7 Å². The molecule has 0 unspecified atom stereocenters. The molecule has 0 aromatic heterocycles. The highest BCUT2D eigenvalue weighted by atomic mass is 35.5. The maximum absolute atomic E-state index is 13.7. The highest BCUT2D eigenvalue weighted by Crippen LogP contribution is 2.36. The number of ether oxygens (including phenoxy) is 2. The Morgan fingerprint density at radius 3 is 2.17 bits per heavy atom. The van der Waals surface area contributed by atoms with E-state index in [1.54, 1.807) is 48.5 Å². The van der Waals surface area contributed by atoms with E-state index in [2.05, 4.69) is 15.6 Å². The van der Waals surface area contributed by atoms with E-state index in [9.17, 15) is 23.1 Å². The van der Waals surface area contributed by atoms with Gasteiger partial charge >= 0.3 is 5.97 Å². The summed E-state index contributed by atoms with van der Waals surface area (Å²) in [5, 5.41) is 15.8. The van der Waals surface area contributed by atoms with E-state index in [0.29, 0.717) is 11.3 Å². The van der Waals surface area contributed by atoms with Gasteiger partial charge in [0.1, 0.15) is 16.4 Å². The van der Waals surface area contributed by atoms with E-state index < -0.39 is 27.8 Å². The van der Waals surface area contributed by atoms with Crippen molar-refractivity contribution in [3.63, 3.8) is 0 Å². The van der Waals surface area contributed by atoms with Crippen molar-refractivity contribution in [3.05, 3.63) is 105 Å². The summed E-state index contributed by atoms with van der Waals surface area (Å²) in [5.41, 5.74) is 7.15. The van der Waals surface area contributed by atoms with Gasteiger partial charge in [0.15, 0.2) is 12.0 Å². The van der Waals surface area contributed by atoms with Gasteiger partial charge in [-0.05, 0) is 60.2 Å². The first-order valence-electron chi connectivity index (χ1n) is 13.3. The summed E-state index contributed by atoms with van der Waals surface area (Å²) in [4.78, 5) is 28.5. The van der Waals surface area contributed by atoms with Crippen LogP contribution in [0.15, 0.2) is 93.6 Å². The number of nitrogens with two attached hydrogens (primary N) is 1. The van der Waals surface area contributed by atoms with Gasteiger partial charge in [0, 0.05) is 23.2 Å². The standard InChI is InChI=1S/C31H27Cl3N4O7S/c1-44-20-11-12-25(45-2)27(16-20)46(42,43)26-13-8-18(32)15-23(26)37-31(35)38-24(30(40)41)14-17-6-9-19(10-7-17)36-29(39)28-21(33)4-3-5-22(28)34/h3-13,15-16,24H,14H2,1-2H3,(H,36,39)(H,40,41)(H3,35,37,38)/t24-/m0/s1. The van der Waals surface area contributed by atoms with E-state index in [1.165, 1.54) is 44.6 Å². The number of nitrogens with one attached hydrogen (secondary N) is 2. The Morgan fingerprint density at radius 1 is 0.891 bits per heavy atom. The lowest BCUT2D eigenvalue weighted by Crippen LogP contribution is -2.30. The number of carboxylic acid groups (broad SMARTS) is 1. The third kappa shape index (κ3) is 8.01. The minimum atomic E-state index is -4.23. The van der Waals surface area contributed by atoms with Crippen LogP contribution in [0.1, 0.15) is 15.9 Å². The quantitative estimate of drug-likeness (QED) is 0.105. The van der Waals surface area contributed by atoms with Crippen molar-refractivity contribution in [1.29, 1.82) is 0 Å². The molecule has 4 aromatic carbocycles. The number of amides is 1. The molecule has 0 spiro atoms. The fourth-order valence-electron chi connectivity index (χ4n) is 4.33. The number of hydrogen-bond donors (Lipinski definition) is 4. The first kappa shape index (κ1) is 34.4. The monoisotopic (exact) mass is 704 g/mol. The maximum Gasteiger partial charge on any atom is 0.328 e. The van der Waals surface area contributed by atoms with Crippen molar-refractivity contribution >= 4 is 73.9 Å². The van der Waals surface area contributed by atoms with Gasteiger partial charge in [-0.25, -0.2) is 18.2 Å². The molecule has 4 rings (SSSR count). The minimum absolute atomic E-state index is 0.0403. The van der Waals surface area contributed by atoms with Gasteiger partial charge in [0.2, 0.25) is 9.84 Å². The Balaban J connectivity index is 1.55. The molecule has 46 heavy (non-hydrogen) atoms. The number of rotatable bonds is 11. The zero-order valence-corrected chi connectivity index (χ0v) is 27.3. The Hall–Kier alpha value is -4.49. The van der Waals surface area contributed by atoms with Crippen LogP contribution in [0.3, 0.4) is 0 Å². The van der Waals surface area contributed by atoms with Crippen LogP contribution in [-0.2, 0) is 21.1 Å². The second-order valence-electron chi connectivity index (χ2n) is 9.61. The lowest BCUT2D eigenvalue weighted by molar-refractivity contribution is -0.138. The highest BCUT2D eigenvalue weighted by Gasteiger charge is 2.27. The Bertz CT molecular complexity index is 1900. The van der Waals surface area contributed by atoms with E-state index in [4.69, 9.17) is 50.0 Å². The fraction of sp³-hybridized carbons (Fsp3) is 0.129. The van der Waals surface area contributed by atoms with Crippen LogP contribution >= 0.6 is 34.8 Å². The predicted molar refractivity (Wildman–Crippen MR) is 178 cm³/mol.